The summed E-state index contributed by atoms with van der Waals surface area (Å²) in [6.07, 6.45) is 1.38. The first-order chi connectivity index (χ1) is 3.95. The minimum atomic E-state index is 0.107. The molecule has 2 rings (SSSR count). The van der Waals surface area contributed by atoms with Gasteiger partial charge in [0.25, 0.3) is 0 Å². The molecule has 0 radical (unpaired) electrons. The minimum absolute atomic E-state index is 0.107. The second-order valence-electron chi connectivity index (χ2n) is 2.15. The van der Waals surface area contributed by atoms with Gasteiger partial charge in [0.15, 0.2) is 0 Å². The van der Waals surface area contributed by atoms with Crippen molar-refractivity contribution in [3.63, 3.8) is 0 Å². The Morgan fingerprint density at radius 3 is 2.62 bits per heavy atom. The summed E-state index contributed by atoms with van der Waals surface area (Å²) >= 11 is 0. The van der Waals surface area contributed by atoms with Crippen LogP contribution in [0.4, 0.5) is 0 Å². The van der Waals surface area contributed by atoms with E-state index in [1.165, 1.54) is 6.42 Å². The fourth-order valence-electron chi connectivity index (χ4n) is 0.659. The standard InChI is InChI=1S/C5H9NO2/c1-2-6(3-1)8-5-4-7-5/h5H,1-4H2. The molecule has 0 aromatic carbocycles. The topological polar surface area (TPSA) is 25.0 Å². The highest BCUT2D eigenvalue weighted by atomic mass is 16.8. The average Bonchev–Trinajstić information content (AvgIpc) is 2.36. The predicted octanol–water partition coefficient (Wildman–Crippen LogP) is -0.0200. The summed E-state index contributed by atoms with van der Waals surface area (Å²) in [5.41, 5.74) is 0. The van der Waals surface area contributed by atoms with Gasteiger partial charge in [-0.1, -0.05) is 0 Å². The van der Waals surface area contributed by atoms with Crippen LogP contribution < -0.4 is 0 Å². The Morgan fingerprint density at radius 2 is 2.25 bits per heavy atom. The number of nitrogens with zero attached hydrogens (tertiary/aromatic N) is 1. The summed E-state index contributed by atoms with van der Waals surface area (Å²) in [5.74, 6) is 0. The maximum Gasteiger partial charge on any atom is 0.201 e. The molecule has 1 unspecified atom stereocenters. The van der Waals surface area contributed by atoms with E-state index in [0.717, 1.165) is 19.7 Å². The van der Waals surface area contributed by atoms with Gasteiger partial charge in [-0.05, 0) is 6.42 Å². The van der Waals surface area contributed by atoms with Gasteiger partial charge in [0.2, 0.25) is 6.29 Å². The van der Waals surface area contributed by atoms with Crippen molar-refractivity contribution in [1.82, 2.24) is 5.06 Å². The molecule has 2 aliphatic rings. The molecule has 0 bridgehead atoms. The van der Waals surface area contributed by atoms with Crippen molar-refractivity contribution in [3.8, 4) is 0 Å². The van der Waals surface area contributed by atoms with Crippen LogP contribution in [0.25, 0.3) is 0 Å². The summed E-state index contributed by atoms with van der Waals surface area (Å²) in [6.45, 7) is 2.95. The van der Waals surface area contributed by atoms with Crippen molar-refractivity contribution >= 4 is 0 Å². The molecule has 46 valence electrons. The van der Waals surface area contributed by atoms with Crippen LogP contribution in [0.3, 0.4) is 0 Å². The monoisotopic (exact) mass is 115 g/mol. The van der Waals surface area contributed by atoms with Crippen LogP contribution in [0.5, 0.6) is 0 Å². The molecule has 3 heteroatoms. The second kappa shape index (κ2) is 1.69. The number of ether oxygens (including phenoxy) is 1. The lowest BCUT2D eigenvalue weighted by Crippen LogP contribution is -2.37. The third-order valence-corrected chi connectivity index (χ3v) is 1.38. The zero-order chi connectivity index (χ0) is 5.40. The highest BCUT2D eigenvalue weighted by molar-refractivity contribution is 4.62. The predicted molar refractivity (Wildman–Crippen MR) is 27.0 cm³/mol. The Morgan fingerprint density at radius 1 is 1.50 bits per heavy atom. The van der Waals surface area contributed by atoms with Crippen LogP contribution in [0.15, 0.2) is 0 Å². The summed E-state index contributed by atoms with van der Waals surface area (Å²) in [7, 11) is 0. The summed E-state index contributed by atoms with van der Waals surface area (Å²) < 4.78 is 4.85. The quantitative estimate of drug-likeness (QED) is 0.473. The molecular weight excluding hydrogens is 106 g/mol. The zero-order valence-electron chi connectivity index (χ0n) is 4.67. The maximum atomic E-state index is 5.21. The van der Waals surface area contributed by atoms with Gasteiger partial charge in [-0.15, -0.1) is 0 Å². The van der Waals surface area contributed by atoms with Gasteiger partial charge >= 0.3 is 0 Å². The van der Waals surface area contributed by atoms with E-state index in [4.69, 9.17) is 9.57 Å². The fourth-order valence-corrected chi connectivity index (χ4v) is 0.659. The maximum absolute atomic E-state index is 5.21. The number of epoxide rings is 1. The van der Waals surface area contributed by atoms with Gasteiger partial charge < -0.3 is 4.74 Å². The average molecular weight is 115 g/mol. The summed E-state index contributed by atoms with van der Waals surface area (Å²) in [6, 6.07) is 0. The van der Waals surface area contributed by atoms with E-state index >= 15 is 0 Å². The van der Waals surface area contributed by atoms with Gasteiger partial charge in [-0.3, -0.25) is 4.84 Å². The third kappa shape index (κ3) is 0.844. The molecule has 0 aromatic heterocycles. The van der Waals surface area contributed by atoms with Crippen molar-refractivity contribution in [1.29, 1.82) is 0 Å². The van der Waals surface area contributed by atoms with Crippen molar-refractivity contribution in [2.45, 2.75) is 12.7 Å². The molecule has 0 N–H and O–H groups in total. The van der Waals surface area contributed by atoms with Crippen molar-refractivity contribution in [3.05, 3.63) is 0 Å². The van der Waals surface area contributed by atoms with Crippen LogP contribution in [-0.2, 0) is 9.57 Å². The zero-order valence-corrected chi connectivity index (χ0v) is 4.67. The van der Waals surface area contributed by atoms with Gasteiger partial charge in [0.05, 0.1) is 0 Å². The Labute approximate surface area is 48.1 Å². The van der Waals surface area contributed by atoms with Crippen LogP contribution in [0.1, 0.15) is 6.42 Å². The fraction of sp³-hybridized carbons (Fsp3) is 1.00. The SMILES string of the molecule is C1CN(OC2CO2)C1. The van der Waals surface area contributed by atoms with Crippen LogP contribution in [-0.4, -0.2) is 31.0 Å². The number of hydrogen-bond acceptors (Lipinski definition) is 3. The van der Waals surface area contributed by atoms with Gasteiger partial charge in [0, 0.05) is 13.1 Å². The Hall–Kier alpha value is -0.120. The normalized spacial score (nSPS) is 36.8. The molecule has 0 spiro atoms. The van der Waals surface area contributed by atoms with Crippen molar-refractivity contribution < 1.29 is 9.57 Å². The smallest absolute Gasteiger partial charge is 0.201 e. The Balaban J connectivity index is 1.66. The van der Waals surface area contributed by atoms with Crippen molar-refractivity contribution in [2.75, 3.05) is 19.7 Å². The molecule has 0 aliphatic carbocycles. The molecule has 3 nitrogen and oxygen atoms in total. The highest BCUT2D eigenvalue weighted by Gasteiger charge is 2.28. The second-order valence-corrected chi connectivity index (χ2v) is 2.15. The molecule has 2 heterocycles. The molecule has 0 saturated carbocycles. The van der Waals surface area contributed by atoms with Crippen molar-refractivity contribution in [2.24, 2.45) is 0 Å². The molecular formula is C5H9NO2. The number of hydroxylamine groups is 2. The Kier molecular flexibility index (Phi) is 0.997. The first kappa shape index (κ1) is 4.73. The van der Waals surface area contributed by atoms with E-state index in [0.29, 0.717) is 0 Å². The van der Waals surface area contributed by atoms with Crippen LogP contribution >= 0.6 is 0 Å². The number of hydrogen-bond donors (Lipinski definition) is 0. The highest BCUT2D eigenvalue weighted by Crippen LogP contribution is 2.16. The van der Waals surface area contributed by atoms with E-state index in [2.05, 4.69) is 0 Å². The molecule has 1 atom stereocenters. The molecule has 2 fully saturated rings. The molecule has 0 amide bonds. The van der Waals surface area contributed by atoms with Gasteiger partial charge in [-0.25, -0.2) is 0 Å². The van der Waals surface area contributed by atoms with Crippen LogP contribution in [0, 0.1) is 0 Å². The van der Waals surface area contributed by atoms with E-state index < -0.39 is 0 Å². The molecule has 0 aromatic rings. The van der Waals surface area contributed by atoms with Gasteiger partial charge in [-0.2, -0.15) is 5.06 Å². The first-order valence-corrected chi connectivity index (χ1v) is 2.98. The first-order valence-electron chi connectivity index (χ1n) is 2.98. The largest absolute Gasteiger partial charge is 0.343 e. The van der Waals surface area contributed by atoms with Crippen LogP contribution in [0.2, 0.25) is 0 Å². The lowest BCUT2D eigenvalue weighted by Gasteiger charge is -2.28. The van der Waals surface area contributed by atoms with Gasteiger partial charge in [0.1, 0.15) is 6.61 Å². The molecule has 2 aliphatic heterocycles. The van der Waals surface area contributed by atoms with E-state index in [1.807, 2.05) is 5.06 Å². The molecule has 2 saturated heterocycles. The lowest BCUT2D eigenvalue weighted by molar-refractivity contribution is -0.226. The molecule has 8 heavy (non-hydrogen) atoms. The third-order valence-electron chi connectivity index (χ3n) is 1.38. The minimum Gasteiger partial charge on any atom is -0.343 e. The van der Waals surface area contributed by atoms with E-state index in [1.54, 1.807) is 0 Å². The Bertz CT molecular complexity index is 88.4. The number of rotatable bonds is 2. The van der Waals surface area contributed by atoms with E-state index in [9.17, 15) is 0 Å². The van der Waals surface area contributed by atoms with E-state index in [-0.39, 0.29) is 6.29 Å². The summed E-state index contributed by atoms with van der Waals surface area (Å²) in [4.78, 5) is 5.21. The summed E-state index contributed by atoms with van der Waals surface area (Å²) in [5, 5.41) is 1.94. The lowest BCUT2D eigenvalue weighted by atomic mass is 10.3.